The monoisotopic (exact) mass is 530 g/mol. The third-order valence-corrected chi connectivity index (χ3v) is 6.94. The predicted molar refractivity (Wildman–Crippen MR) is 150 cm³/mol. The number of hydrogen-bond donors (Lipinski definition) is 1. The molecule has 4 rings (SSSR count). The molecule has 0 spiro atoms. The van der Waals surface area contributed by atoms with Gasteiger partial charge in [0.25, 0.3) is 17.1 Å². The van der Waals surface area contributed by atoms with E-state index >= 15 is 0 Å². The third-order valence-electron chi connectivity index (χ3n) is 6.04. The fourth-order valence-electron chi connectivity index (χ4n) is 4.00. The van der Waals surface area contributed by atoms with Gasteiger partial charge in [-0.2, -0.15) is 0 Å². The van der Waals surface area contributed by atoms with Gasteiger partial charge >= 0.3 is 0 Å². The van der Waals surface area contributed by atoms with Crippen molar-refractivity contribution in [1.29, 1.82) is 0 Å². The van der Waals surface area contributed by atoms with Crippen LogP contribution >= 0.6 is 11.8 Å². The van der Waals surface area contributed by atoms with Crippen molar-refractivity contribution in [2.45, 2.75) is 33.2 Å². The molecule has 0 atom stereocenters. The van der Waals surface area contributed by atoms with E-state index in [4.69, 9.17) is 9.47 Å². The first-order chi connectivity index (χ1) is 18.2. The number of benzene rings is 3. The number of hydrogen-bond acceptors (Lipinski definition) is 6. The lowest BCUT2D eigenvalue weighted by Gasteiger charge is -2.15. The summed E-state index contributed by atoms with van der Waals surface area (Å²) in [6.07, 6.45) is 1.65. The number of amides is 3. The highest BCUT2D eigenvalue weighted by atomic mass is 32.2. The van der Waals surface area contributed by atoms with Crippen LogP contribution in [0.5, 0.6) is 11.5 Å². The Hall–Kier alpha value is -4.04. The van der Waals surface area contributed by atoms with Gasteiger partial charge in [0, 0.05) is 5.69 Å². The number of imide groups is 1. The Morgan fingerprint density at radius 3 is 2.47 bits per heavy atom. The lowest BCUT2D eigenvalue weighted by atomic mass is 10.0. The van der Waals surface area contributed by atoms with Crippen LogP contribution in [-0.2, 0) is 16.1 Å². The van der Waals surface area contributed by atoms with Gasteiger partial charge in [-0.05, 0) is 65.6 Å². The molecule has 7 nitrogen and oxygen atoms in total. The first kappa shape index (κ1) is 27.0. The number of nitrogens with zero attached hydrogens (tertiary/aromatic N) is 1. The van der Waals surface area contributed by atoms with E-state index in [1.54, 1.807) is 24.3 Å². The minimum Gasteiger partial charge on any atom is -0.493 e. The Balaban J connectivity index is 1.42. The molecule has 8 heteroatoms. The zero-order valence-corrected chi connectivity index (χ0v) is 22.6. The molecular formula is C30H30N2O5S. The van der Waals surface area contributed by atoms with Crippen molar-refractivity contribution in [2.24, 2.45) is 0 Å². The number of anilines is 1. The molecule has 1 N–H and O–H groups in total. The van der Waals surface area contributed by atoms with E-state index in [-0.39, 0.29) is 36.1 Å². The maximum atomic E-state index is 12.9. The number of carbonyl (C=O) groups excluding carboxylic acids is 3. The summed E-state index contributed by atoms with van der Waals surface area (Å²) in [6, 6.07) is 20.5. The lowest BCUT2D eigenvalue weighted by molar-refractivity contribution is -0.123. The maximum Gasteiger partial charge on any atom is 0.293 e. The summed E-state index contributed by atoms with van der Waals surface area (Å²) in [5.74, 6) is 0.450. The SMILES string of the molecule is COc1cc(/C=C2\SC(=O)N(Cc3ccc(C)cc3)C2=O)ccc1OCC(=O)Nc1ccccc1C(C)C. The molecule has 0 bridgehead atoms. The molecule has 0 unspecified atom stereocenters. The van der Waals surface area contributed by atoms with Crippen molar-refractivity contribution in [3.63, 3.8) is 0 Å². The number of carbonyl (C=O) groups is 3. The van der Waals surface area contributed by atoms with Crippen LogP contribution in [0.25, 0.3) is 6.08 Å². The summed E-state index contributed by atoms with van der Waals surface area (Å²) in [6.45, 7) is 6.15. The zero-order chi connectivity index (χ0) is 27.2. The number of para-hydroxylation sites is 1. The minimum absolute atomic E-state index is 0.194. The fraction of sp³-hybridized carbons (Fsp3) is 0.233. The predicted octanol–water partition coefficient (Wildman–Crippen LogP) is 6.38. The summed E-state index contributed by atoms with van der Waals surface area (Å²) >= 11 is 0.908. The lowest BCUT2D eigenvalue weighted by Crippen LogP contribution is -2.27. The molecule has 3 aromatic carbocycles. The highest BCUT2D eigenvalue weighted by Gasteiger charge is 2.35. The van der Waals surface area contributed by atoms with Crippen LogP contribution in [0.4, 0.5) is 10.5 Å². The van der Waals surface area contributed by atoms with E-state index in [1.165, 1.54) is 12.0 Å². The second-order valence-electron chi connectivity index (χ2n) is 9.24. The van der Waals surface area contributed by atoms with Crippen molar-refractivity contribution in [3.05, 3.63) is 93.9 Å². The van der Waals surface area contributed by atoms with Crippen LogP contribution < -0.4 is 14.8 Å². The van der Waals surface area contributed by atoms with Crippen LogP contribution in [0.2, 0.25) is 0 Å². The quantitative estimate of drug-likeness (QED) is 0.323. The molecule has 0 aromatic heterocycles. The van der Waals surface area contributed by atoms with E-state index in [1.807, 2.05) is 55.5 Å². The van der Waals surface area contributed by atoms with Crippen molar-refractivity contribution in [1.82, 2.24) is 4.90 Å². The van der Waals surface area contributed by atoms with E-state index in [0.29, 0.717) is 22.0 Å². The average molecular weight is 531 g/mol. The number of ether oxygens (including phenoxy) is 2. The number of methoxy groups -OCH3 is 1. The Morgan fingerprint density at radius 2 is 1.76 bits per heavy atom. The largest absolute Gasteiger partial charge is 0.493 e. The highest BCUT2D eigenvalue weighted by molar-refractivity contribution is 8.18. The Bertz CT molecular complexity index is 1380. The van der Waals surface area contributed by atoms with E-state index in [2.05, 4.69) is 19.2 Å². The molecule has 196 valence electrons. The first-order valence-electron chi connectivity index (χ1n) is 12.3. The summed E-state index contributed by atoms with van der Waals surface area (Å²) in [5.41, 5.74) is 4.48. The van der Waals surface area contributed by atoms with Gasteiger partial charge in [-0.25, -0.2) is 0 Å². The topological polar surface area (TPSA) is 84.9 Å². The maximum absolute atomic E-state index is 12.9. The van der Waals surface area contributed by atoms with Gasteiger partial charge in [-0.15, -0.1) is 0 Å². The van der Waals surface area contributed by atoms with Crippen molar-refractivity contribution in [3.8, 4) is 11.5 Å². The molecule has 3 aromatic rings. The average Bonchev–Trinajstić information content (AvgIpc) is 3.16. The normalized spacial score (nSPS) is 14.3. The molecule has 0 aliphatic carbocycles. The zero-order valence-electron chi connectivity index (χ0n) is 21.8. The molecule has 1 heterocycles. The standard InChI is InChI=1S/C30H30N2O5S/c1-19(2)23-7-5-6-8-24(23)31-28(33)18-37-25-14-13-22(15-26(25)36-4)16-27-29(34)32(30(35)38-27)17-21-11-9-20(3)10-12-21/h5-16,19H,17-18H2,1-4H3,(H,31,33)/b27-16-. The van der Waals surface area contributed by atoms with Gasteiger partial charge < -0.3 is 14.8 Å². The smallest absolute Gasteiger partial charge is 0.293 e. The Labute approximate surface area is 226 Å². The van der Waals surface area contributed by atoms with Gasteiger partial charge in [0.2, 0.25) is 0 Å². The second-order valence-corrected chi connectivity index (χ2v) is 10.2. The van der Waals surface area contributed by atoms with Gasteiger partial charge in [-0.1, -0.05) is 67.9 Å². The molecule has 1 saturated heterocycles. The van der Waals surface area contributed by atoms with E-state index in [0.717, 1.165) is 34.1 Å². The molecule has 0 radical (unpaired) electrons. The van der Waals surface area contributed by atoms with Crippen molar-refractivity contribution < 1.29 is 23.9 Å². The van der Waals surface area contributed by atoms with Crippen molar-refractivity contribution >= 4 is 40.6 Å². The van der Waals surface area contributed by atoms with E-state index < -0.39 is 0 Å². The van der Waals surface area contributed by atoms with Gasteiger partial charge in [0.15, 0.2) is 18.1 Å². The number of aryl methyl sites for hydroxylation is 1. The minimum atomic E-state index is -0.335. The third kappa shape index (κ3) is 6.44. The summed E-state index contributed by atoms with van der Waals surface area (Å²) in [5, 5.41) is 2.59. The van der Waals surface area contributed by atoms with Gasteiger partial charge in [-0.3, -0.25) is 19.3 Å². The van der Waals surface area contributed by atoms with Crippen LogP contribution in [0.1, 0.15) is 42.0 Å². The molecule has 3 amide bonds. The van der Waals surface area contributed by atoms with Crippen LogP contribution in [0.15, 0.2) is 71.6 Å². The molecule has 38 heavy (non-hydrogen) atoms. The van der Waals surface area contributed by atoms with Crippen LogP contribution in [0.3, 0.4) is 0 Å². The summed E-state index contributed by atoms with van der Waals surface area (Å²) in [4.78, 5) is 39.6. The van der Waals surface area contributed by atoms with Crippen LogP contribution in [-0.4, -0.2) is 35.7 Å². The molecular weight excluding hydrogens is 500 g/mol. The summed E-state index contributed by atoms with van der Waals surface area (Å²) < 4.78 is 11.2. The highest BCUT2D eigenvalue weighted by Crippen LogP contribution is 2.35. The van der Waals surface area contributed by atoms with Gasteiger partial charge in [0.1, 0.15) is 0 Å². The molecule has 1 fully saturated rings. The number of rotatable bonds is 9. The van der Waals surface area contributed by atoms with Gasteiger partial charge in [0.05, 0.1) is 18.6 Å². The molecule has 0 saturated carbocycles. The second kappa shape index (κ2) is 12.0. The Kier molecular flexibility index (Phi) is 8.53. The van der Waals surface area contributed by atoms with Crippen molar-refractivity contribution in [2.75, 3.05) is 19.0 Å². The summed E-state index contributed by atoms with van der Waals surface area (Å²) in [7, 11) is 1.50. The molecule has 1 aliphatic rings. The number of nitrogens with one attached hydrogen (secondary N) is 1. The van der Waals surface area contributed by atoms with E-state index in [9.17, 15) is 14.4 Å². The fourth-order valence-corrected chi connectivity index (χ4v) is 4.84. The molecule has 1 aliphatic heterocycles. The first-order valence-corrected chi connectivity index (χ1v) is 13.1. The number of thioether (sulfide) groups is 1. The Morgan fingerprint density at radius 1 is 1.03 bits per heavy atom. The van der Waals surface area contributed by atoms with Crippen LogP contribution in [0, 0.1) is 6.92 Å².